The van der Waals surface area contributed by atoms with E-state index >= 15 is 0 Å². The largest absolute Gasteiger partial charge is 0.344 e. The summed E-state index contributed by atoms with van der Waals surface area (Å²) in [4.78, 5) is 25.4. The zero-order valence-electron chi connectivity index (χ0n) is 13.1. The average molecular weight is 319 g/mol. The molecule has 1 aliphatic heterocycles. The van der Waals surface area contributed by atoms with E-state index in [4.69, 9.17) is 0 Å². The van der Waals surface area contributed by atoms with Crippen molar-refractivity contribution >= 4 is 21.8 Å². The lowest BCUT2D eigenvalue weighted by molar-refractivity contribution is -0.137. The van der Waals surface area contributed by atoms with Gasteiger partial charge in [0, 0.05) is 33.1 Å². The Morgan fingerprint density at radius 3 is 2.19 bits per heavy atom. The number of carbonyl (C=O) groups excluding carboxylic acids is 2. The van der Waals surface area contributed by atoms with Crippen molar-refractivity contribution in [2.24, 2.45) is 5.92 Å². The van der Waals surface area contributed by atoms with Gasteiger partial charge in [-0.1, -0.05) is 13.8 Å². The molecular formula is C13H25N3O4S. The van der Waals surface area contributed by atoms with Crippen molar-refractivity contribution in [1.29, 1.82) is 0 Å². The van der Waals surface area contributed by atoms with Crippen LogP contribution in [0.3, 0.4) is 0 Å². The maximum Gasteiger partial charge on any atom is 0.245 e. The second-order valence-corrected chi connectivity index (χ2v) is 7.75. The van der Waals surface area contributed by atoms with E-state index in [0.717, 1.165) is 0 Å². The molecule has 122 valence electrons. The van der Waals surface area contributed by atoms with E-state index in [-0.39, 0.29) is 17.7 Å². The van der Waals surface area contributed by atoms with Crippen molar-refractivity contribution < 1.29 is 18.0 Å². The third-order valence-electron chi connectivity index (χ3n) is 3.53. The third-order valence-corrected chi connectivity index (χ3v) is 4.83. The van der Waals surface area contributed by atoms with E-state index in [1.165, 1.54) is 17.5 Å². The first-order chi connectivity index (χ1) is 9.62. The number of sulfonamides is 1. The number of nitrogens with zero attached hydrogens (tertiary/aromatic N) is 2. The highest BCUT2D eigenvalue weighted by Crippen LogP contribution is 2.11. The van der Waals surface area contributed by atoms with E-state index < -0.39 is 16.1 Å². The topological polar surface area (TPSA) is 86.8 Å². The number of hydrogen-bond acceptors (Lipinski definition) is 4. The highest BCUT2D eigenvalue weighted by Gasteiger charge is 2.30. The van der Waals surface area contributed by atoms with E-state index in [1.807, 2.05) is 13.8 Å². The number of hydrogen-bond donors (Lipinski definition) is 1. The Kier molecular flexibility index (Phi) is 6.15. The van der Waals surface area contributed by atoms with Gasteiger partial charge in [-0.05, 0) is 12.3 Å². The SMILES string of the molecule is CC(=O)N[C@H](C(=O)N1CCCN(S(C)(=O)=O)CC1)C(C)C. The lowest BCUT2D eigenvalue weighted by atomic mass is 10.0. The van der Waals surface area contributed by atoms with Gasteiger partial charge in [0.25, 0.3) is 0 Å². The molecule has 1 fully saturated rings. The van der Waals surface area contributed by atoms with Gasteiger partial charge in [-0.3, -0.25) is 9.59 Å². The molecule has 1 heterocycles. The Bertz CT molecular complexity index is 490. The predicted octanol–water partition coefficient (Wildman–Crippen LogP) is -0.359. The molecule has 7 nitrogen and oxygen atoms in total. The fourth-order valence-electron chi connectivity index (χ4n) is 2.38. The molecular weight excluding hydrogens is 294 g/mol. The van der Waals surface area contributed by atoms with Crippen LogP contribution in [0.1, 0.15) is 27.2 Å². The predicted molar refractivity (Wildman–Crippen MR) is 80.1 cm³/mol. The molecule has 21 heavy (non-hydrogen) atoms. The molecule has 1 atom stereocenters. The molecule has 0 unspecified atom stereocenters. The molecule has 0 bridgehead atoms. The van der Waals surface area contributed by atoms with Gasteiger partial charge in [0.15, 0.2) is 0 Å². The van der Waals surface area contributed by atoms with Crippen LogP contribution in [0.25, 0.3) is 0 Å². The maximum absolute atomic E-state index is 12.5. The van der Waals surface area contributed by atoms with Crippen molar-refractivity contribution in [3.05, 3.63) is 0 Å². The summed E-state index contributed by atoms with van der Waals surface area (Å²) in [5.41, 5.74) is 0. The summed E-state index contributed by atoms with van der Waals surface area (Å²) in [5.74, 6) is -0.402. The van der Waals surface area contributed by atoms with Crippen LogP contribution in [0.4, 0.5) is 0 Å². The normalized spacial score (nSPS) is 19.2. The molecule has 0 saturated carbocycles. The maximum atomic E-state index is 12.5. The smallest absolute Gasteiger partial charge is 0.245 e. The monoisotopic (exact) mass is 319 g/mol. The van der Waals surface area contributed by atoms with Crippen molar-refractivity contribution in [3.8, 4) is 0 Å². The van der Waals surface area contributed by atoms with Crippen LogP contribution in [-0.4, -0.2) is 67.9 Å². The van der Waals surface area contributed by atoms with Gasteiger partial charge in [-0.25, -0.2) is 12.7 Å². The summed E-state index contributed by atoms with van der Waals surface area (Å²) in [6.07, 6.45) is 1.78. The second-order valence-electron chi connectivity index (χ2n) is 5.76. The molecule has 1 saturated heterocycles. The molecule has 1 N–H and O–H groups in total. The fraction of sp³-hybridized carbons (Fsp3) is 0.846. The van der Waals surface area contributed by atoms with Crippen molar-refractivity contribution in [3.63, 3.8) is 0 Å². The highest BCUT2D eigenvalue weighted by molar-refractivity contribution is 7.88. The number of rotatable bonds is 4. The van der Waals surface area contributed by atoms with Crippen molar-refractivity contribution in [2.45, 2.75) is 33.2 Å². The standard InChI is InChI=1S/C13H25N3O4S/c1-10(2)12(14-11(3)17)13(18)15-6-5-7-16(9-8-15)21(4,19)20/h10,12H,5-9H2,1-4H3,(H,14,17)/t12-/m0/s1. The number of nitrogens with one attached hydrogen (secondary N) is 1. The van der Waals surface area contributed by atoms with Crippen LogP contribution < -0.4 is 5.32 Å². The van der Waals surface area contributed by atoms with E-state index in [1.54, 1.807) is 4.90 Å². The summed E-state index contributed by atoms with van der Waals surface area (Å²) in [5, 5.41) is 2.68. The molecule has 0 aromatic heterocycles. The molecule has 0 spiro atoms. The number of amides is 2. The Hall–Kier alpha value is -1.15. The van der Waals surface area contributed by atoms with E-state index in [9.17, 15) is 18.0 Å². The van der Waals surface area contributed by atoms with Crippen LogP contribution in [0, 0.1) is 5.92 Å². The zero-order chi connectivity index (χ0) is 16.2. The first kappa shape index (κ1) is 17.9. The van der Waals surface area contributed by atoms with E-state index in [2.05, 4.69) is 5.32 Å². The van der Waals surface area contributed by atoms with Crippen LogP contribution in [0.2, 0.25) is 0 Å². The highest BCUT2D eigenvalue weighted by atomic mass is 32.2. The van der Waals surface area contributed by atoms with Gasteiger partial charge in [0.05, 0.1) is 6.26 Å². The van der Waals surface area contributed by atoms with Crippen LogP contribution >= 0.6 is 0 Å². The molecule has 0 radical (unpaired) electrons. The Labute approximate surface area is 126 Å². The van der Waals surface area contributed by atoms with Crippen LogP contribution in [0.15, 0.2) is 0 Å². The number of carbonyl (C=O) groups is 2. The lowest BCUT2D eigenvalue weighted by Crippen LogP contribution is -2.51. The summed E-state index contributed by atoms with van der Waals surface area (Å²) >= 11 is 0. The summed E-state index contributed by atoms with van der Waals surface area (Å²) in [6.45, 7) is 6.72. The van der Waals surface area contributed by atoms with Gasteiger partial charge in [-0.2, -0.15) is 0 Å². The van der Waals surface area contributed by atoms with Gasteiger partial charge >= 0.3 is 0 Å². The summed E-state index contributed by atoms with van der Waals surface area (Å²) in [6, 6.07) is -0.563. The summed E-state index contributed by atoms with van der Waals surface area (Å²) in [7, 11) is -3.23. The van der Waals surface area contributed by atoms with Crippen LogP contribution in [0.5, 0.6) is 0 Å². The second kappa shape index (κ2) is 7.22. The Morgan fingerprint density at radius 1 is 1.10 bits per heavy atom. The lowest BCUT2D eigenvalue weighted by Gasteiger charge is -2.28. The molecule has 1 aliphatic rings. The van der Waals surface area contributed by atoms with Crippen molar-refractivity contribution in [1.82, 2.24) is 14.5 Å². The quantitative estimate of drug-likeness (QED) is 0.767. The zero-order valence-corrected chi connectivity index (χ0v) is 13.9. The van der Waals surface area contributed by atoms with E-state index in [0.29, 0.717) is 32.6 Å². The molecule has 8 heteroatoms. The summed E-state index contributed by atoms with van der Waals surface area (Å²) < 4.78 is 24.5. The Morgan fingerprint density at radius 2 is 1.71 bits per heavy atom. The molecule has 1 rings (SSSR count). The molecule has 0 aromatic rings. The first-order valence-electron chi connectivity index (χ1n) is 7.14. The van der Waals surface area contributed by atoms with Gasteiger partial charge in [0.1, 0.15) is 6.04 Å². The van der Waals surface area contributed by atoms with Crippen LogP contribution in [-0.2, 0) is 19.6 Å². The average Bonchev–Trinajstić information content (AvgIpc) is 2.59. The fourth-order valence-corrected chi connectivity index (χ4v) is 3.25. The minimum absolute atomic E-state index is 0.0179. The Balaban J connectivity index is 2.76. The molecule has 0 aromatic carbocycles. The van der Waals surface area contributed by atoms with Gasteiger partial charge < -0.3 is 10.2 Å². The molecule has 0 aliphatic carbocycles. The van der Waals surface area contributed by atoms with Gasteiger partial charge in [-0.15, -0.1) is 0 Å². The first-order valence-corrected chi connectivity index (χ1v) is 8.98. The minimum atomic E-state index is -3.23. The van der Waals surface area contributed by atoms with Crippen molar-refractivity contribution in [2.75, 3.05) is 32.4 Å². The van der Waals surface area contributed by atoms with Gasteiger partial charge in [0.2, 0.25) is 21.8 Å². The molecule has 2 amide bonds. The minimum Gasteiger partial charge on any atom is -0.344 e. The third kappa shape index (κ3) is 5.28.